The molecule has 7 heteroatoms. The average molecular weight is 386 g/mol. The molecule has 1 aromatic carbocycles. The number of hydrogen-bond donors (Lipinski definition) is 0. The highest BCUT2D eigenvalue weighted by Crippen LogP contribution is 2.42. The molecule has 0 N–H and O–H groups in total. The van der Waals surface area contributed by atoms with Crippen LogP contribution < -0.4 is 0 Å². The number of nitrogens with zero attached hydrogens (tertiary/aromatic N) is 4. The van der Waals surface area contributed by atoms with Crippen LogP contribution in [-0.2, 0) is 6.18 Å². The maximum atomic E-state index is 13.5. The second-order valence-corrected chi connectivity index (χ2v) is 7.35. The van der Waals surface area contributed by atoms with Crippen molar-refractivity contribution in [3.8, 4) is 11.3 Å². The Kier molecular flexibility index (Phi) is 4.71. The lowest BCUT2D eigenvalue weighted by Gasteiger charge is -2.23. The molecule has 0 aliphatic carbocycles. The van der Waals surface area contributed by atoms with Crippen LogP contribution in [0.4, 0.5) is 13.2 Å². The Hall–Kier alpha value is -2.67. The van der Waals surface area contributed by atoms with Gasteiger partial charge in [0.05, 0.1) is 17.3 Å². The summed E-state index contributed by atoms with van der Waals surface area (Å²) in [6.45, 7) is 3.12. The van der Waals surface area contributed by atoms with E-state index >= 15 is 0 Å². The molecule has 1 fully saturated rings. The summed E-state index contributed by atoms with van der Waals surface area (Å²) in [4.78, 5) is 6.25. The van der Waals surface area contributed by atoms with Gasteiger partial charge in [0, 0.05) is 42.7 Å². The molecule has 0 amide bonds. The molecule has 1 aliphatic heterocycles. The third-order valence-corrected chi connectivity index (χ3v) is 5.28. The number of likely N-dealkylation sites (tertiary alicyclic amines) is 1. The van der Waals surface area contributed by atoms with Crippen molar-refractivity contribution in [2.75, 3.05) is 20.1 Å². The molecule has 0 radical (unpaired) electrons. The molecule has 0 saturated carbocycles. The summed E-state index contributed by atoms with van der Waals surface area (Å²) in [6, 6.07) is 11.5. The maximum Gasteiger partial charge on any atom is 0.416 e. The highest BCUT2D eigenvalue weighted by Gasteiger charge is 2.40. The molecule has 0 unspecified atom stereocenters. The van der Waals surface area contributed by atoms with E-state index in [9.17, 15) is 13.2 Å². The molecule has 4 nitrogen and oxygen atoms in total. The Morgan fingerprint density at radius 1 is 1.07 bits per heavy atom. The van der Waals surface area contributed by atoms with Crippen LogP contribution in [0.1, 0.15) is 28.8 Å². The van der Waals surface area contributed by atoms with Crippen LogP contribution in [0, 0.1) is 6.92 Å². The molecule has 0 bridgehead atoms. The summed E-state index contributed by atoms with van der Waals surface area (Å²) in [5, 5.41) is 4.69. The van der Waals surface area contributed by atoms with E-state index in [0.29, 0.717) is 18.7 Å². The van der Waals surface area contributed by atoms with Crippen LogP contribution in [0.25, 0.3) is 11.3 Å². The molecule has 3 aromatic rings. The fourth-order valence-electron chi connectivity index (χ4n) is 4.01. The van der Waals surface area contributed by atoms with Gasteiger partial charge in [-0.3, -0.25) is 9.67 Å². The molecule has 28 heavy (non-hydrogen) atoms. The van der Waals surface area contributed by atoms with Crippen LogP contribution in [0.15, 0.2) is 54.9 Å². The zero-order chi connectivity index (χ0) is 19.9. The Labute approximate surface area is 161 Å². The first kappa shape index (κ1) is 18.7. The number of rotatable bonds is 3. The fraction of sp³-hybridized carbons (Fsp3) is 0.333. The first-order valence-electron chi connectivity index (χ1n) is 9.16. The normalized spacial score (nSPS) is 20.6. The highest BCUT2D eigenvalue weighted by atomic mass is 19.4. The average Bonchev–Trinajstić information content (AvgIpc) is 3.27. The van der Waals surface area contributed by atoms with Crippen molar-refractivity contribution in [2.45, 2.75) is 25.1 Å². The van der Waals surface area contributed by atoms with Gasteiger partial charge in [-0.2, -0.15) is 18.3 Å². The largest absolute Gasteiger partial charge is 0.416 e. The molecule has 2 atom stereocenters. The van der Waals surface area contributed by atoms with Crippen molar-refractivity contribution in [3.05, 3.63) is 71.7 Å². The van der Waals surface area contributed by atoms with E-state index in [0.717, 1.165) is 17.0 Å². The van der Waals surface area contributed by atoms with E-state index in [4.69, 9.17) is 0 Å². The SMILES string of the molecule is Cc1cc(-c2ccn([C@H]3CN(C)C[C@@H]3c3ccccc3C(F)(F)F)n2)ccn1. The highest BCUT2D eigenvalue weighted by molar-refractivity contribution is 5.58. The van der Waals surface area contributed by atoms with Gasteiger partial charge in [-0.25, -0.2) is 0 Å². The minimum Gasteiger partial charge on any atom is -0.304 e. The van der Waals surface area contributed by atoms with E-state index in [-0.39, 0.29) is 12.0 Å². The van der Waals surface area contributed by atoms with E-state index in [1.54, 1.807) is 18.3 Å². The number of aromatic nitrogens is 3. The number of pyridine rings is 1. The van der Waals surface area contributed by atoms with Gasteiger partial charge >= 0.3 is 6.18 Å². The quantitative estimate of drug-likeness (QED) is 0.663. The molecular formula is C21H21F3N4. The maximum absolute atomic E-state index is 13.5. The predicted molar refractivity (Wildman–Crippen MR) is 101 cm³/mol. The molecular weight excluding hydrogens is 365 g/mol. The number of alkyl halides is 3. The van der Waals surface area contributed by atoms with Gasteiger partial charge in [-0.05, 0) is 43.8 Å². The van der Waals surface area contributed by atoms with Gasteiger partial charge in [0.1, 0.15) is 0 Å². The molecule has 1 aliphatic rings. The van der Waals surface area contributed by atoms with Gasteiger partial charge in [0.15, 0.2) is 0 Å². The van der Waals surface area contributed by atoms with Gasteiger partial charge < -0.3 is 4.90 Å². The van der Waals surface area contributed by atoms with Crippen LogP contribution in [0.5, 0.6) is 0 Å². The zero-order valence-electron chi connectivity index (χ0n) is 15.7. The molecule has 3 heterocycles. The van der Waals surface area contributed by atoms with Crippen molar-refractivity contribution in [3.63, 3.8) is 0 Å². The Morgan fingerprint density at radius 3 is 2.61 bits per heavy atom. The lowest BCUT2D eigenvalue weighted by Crippen LogP contribution is -2.20. The minimum atomic E-state index is -4.37. The van der Waals surface area contributed by atoms with Crippen molar-refractivity contribution >= 4 is 0 Å². The van der Waals surface area contributed by atoms with E-state index < -0.39 is 11.7 Å². The van der Waals surface area contributed by atoms with Crippen molar-refractivity contribution in [1.29, 1.82) is 0 Å². The van der Waals surface area contributed by atoms with Crippen molar-refractivity contribution in [1.82, 2.24) is 19.7 Å². The standard InChI is InChI=1S/C21H21F3N4/c1-14-11-15(7-9-25-14)19-8-10-28(26-19)20-13-27(2)12-17(20)16-5-3-4-6-18(16)21(22,23)24/h3-11,17,20H,12-13H2,1-2H3/t17-,20+/m1/s1. The Bertz CT molecular complexity index is 980. The monoisotopic (exact) mass is 386 g/mol. The third kappa shape index (κ3) is 3.54. The second-order valence-electron chi connectivity index (χ2n) is 7.35. The Balaban J connectivity index is 1.71. The third-order valence-electron chi connectivity index (χ3n) is 5.28. The smallest absolute Gasteiger partial charge is 0.304 e. The first-order valence-corrected chi connectivity index (χ1v) is 9.16. The second kappa shape index (κ2) is 7.05. The lowest BCUT2D eigenvalue weighted by atomic mass is 9.90. The molecule has 1 saturated heterocycles. The topological polar surface area (TPSA) is 34.0 Å². The summed E-state index contributed by atoms with van der Waals surface area (Å²) >= 11 is 0. The first-order chi connectivity index (χ1) is 13.3. The molecule has 146 valence electrons. The number of hydrogen-bond acceptors (Lipinski definition) is 3. The number of benzene rings is 1. The number of aryl methyl sites for hydroxylation is 1. The summed E-state index contributed by atoms with van der Waals surface area (Å²) in [7, 11) is 1.93. The molecule has 2 aromatic heterocycles. The van der Waals surface area contributed by atoms with E-state index in [1.807, 2.05) is 43.0 Å². The van der Waals surface area contributed by atoms with E-state index in [1.165, 1.54) is 12.1 Å². The van der Waals surface area contributed by atoms with E-state index in [2.05, 4.69) is 15.0 Å². The Morgan fingerprint density at radius 2 is 1.86 bits per heavy atom. The van der Waals surface area contributed by atoms with Crippen LogP contribution in [0.3, 0.4) is 0 Å². The molecule has 0 spiro atoms. The summed E-state index contributed by atoms with van der Waals surface area (Å²) in [5.41, 5.74) is 2.41. The summed E-state index contributed by atoms with van der Waals surface area (Å²) in [6.07, 6.45) is -0.778. The minimum absolute atomic E-state index is 0.162. The van der Waals surface area contributed by atoms with Crippen LogP contribution >= 0.6 is 0 Å². The number of likely N-dealkylation sites (N-methyl/N-ethyl adjacent to an activating group) is 1. The number of halogens is 3. The summed E-state index contributed by atoms with van der Waals surface area (Å²) in [5.74, 6) is -0.283. The van der Waals surface area contributed by atoms with Crippen LogP contribution in [0.2, 0.25) is 0 Å². The van der Waals surface area contributed by atoms with Gasteiger partial charge in [-0.15, -0.1) is 0 Å². The molecule has 4 rings (SSSR count). The van der Waals surface area contributed by atoms with Gasteiger partial charge in [0.25, 0.3) is 0 Å². The van der Waals surface area contributed by atoms with Crippen molar-refractivity contribution < 1.29 is 13.2 Å². The predicted octanol–water partition coefficient (Wildman–Crippen LogP) is 4.54. The van der Waals surface area contributed by atoms with Crippen LogP contribution in [-0.4, -0.2) is 39.8 Å². The lowest BCUT2D eigenvalue weighted by molar-refractivity contribution is -0.138. The summed E-state index contributed by atoms with van der Waals surface area (Å²) < 4.78 is 42.5. The fourth-order valence-corrected chi connectivity index (χ4v) is 4.01. The van der Waals surface area contributed by atoms with Gasteiger partial charge in [-0.1, -0.05) is 18.2 Å². The van der Waals surface area contributed by atoms with Crippen molar-refractivity contribution in [2.24, 2.45) is 0 Å². The van der Waals surface area contributed by atoms with Gasteiger partial charge in [0.2, 0.25) is 0 Å². The zero-order valence-corrected chi connectivity index (χ0v) is 15.7.